The number of para-hydroxylation sites is 2. The summed E-state index contributed by atoms with van der Waals surface area (Å²) in [7, 11) is 0. The highest BCUT2D eigenvalue weighted by atomic mass is 35.5. The van der Waals surface area contributed by atoms with Crippen LogP contribution in [0.2, 0.25) is 5.02 Å². The molecular formula is C18H17ClN4O3S. The predicted molar refractivity (Wildman–Crippen MR) is 107 cm³/mol. The summed E-state index contributed by atoms with van der Waals surface area (Å²) in [6.45, 7) is 4.50. The van der Waals surface area contributed by atoms with Gasteiger partial charge in [-0.05, 0) is 32.0 Å². The summed E-state index contributed by atoms with van der Waals surface area (Å²) in [5, 5.41) is 14.1. The molecule has 0 radical (unpaired) electrons. The number of aromatic nitrogens is 2. The molecule has 1 atom stereocenters. The van der Waals surface area contributed by atoms with Gasteiger partial charge in [0.05, 0.1) is 31.9 Å². The summed E-state index contributed by atoms with van der Waals surface area (Å²) < 4.78 is 2.05. The molecule has 0 fully saturated rings. The largest absolute Gasteiger partial charge is 0.324 e. The number of imidazole rings is 1. The third-order valence-electron chi connectivity index (χ3n) is 4.01. The molecule has 1 amide bonds. The number of hydrogen-bond donors (Lipinski definition) is 1. The first kappa shape index (κ1) is 19.2. The number of carbonyl (C=O) groups excluding carboxylic acids is 1. The predicted octanol–water partition coefficient (Wildman–Crippen LogP) is 4.74. The maximum atomic E-state index is 12.6. The molecule has 7 nitrogen and oxygen atoms in total. The van der Waals surface area contributed by atoms with E-state index in [9.17, 15) is 14.9 Å². The monoisotopic (exact) mass is 404 g/mol. The molecule has 0 saturated heterocycles. The number of nitro groups is 1. The highest BCUT2D eigenvalue weighted by molar-refractivity contribution is 8.00. The van der Waals surface area contributed by atoms with Crippen LogP contribution in [0.4, 0.5) is 11.4 Å². The average Bonchev–Trinajstić information content (AvgIpc) is 3.00. The fraction of sp³-hybridized carbons (Fsp3) is 0.222. The maximum Gasteiger partial charge on any atom is 0.271 e. The maximum absolute atomic E-state index is 12.6. The van der Waals surface area contributed by atoms with Gasteiger partial charge >= 0.3 is 0 Å². The molecule has 0 aliphatic heterocycles. The van der Waals surface area contributed by atoms with Gasteiger partial charge in [0.1, 0.15) is 0 Å². The lowest BCUT2D eigenvalue weighted by atomic mass is 10.2. The van der Waals surface area contributed by atoms with Crippen molar-refractivity contribution in [3.8, 4) is 0 Å². The van der Waals surface area contributed by atoms with E-state index in [0.717, 1.165) is 22.7 Å². The Morgan fingerprint density at radius 2 is 2.11 bits per heavy atom. The Bertz CT molecular complexity index is 1020. The van der Waals surface area contributed by atoms with Crippen molar-refractivity contribution in [2.75, 3.05) is 5.32 Å². The Kier molecular flexibility index (Phi) is 5.67. The number of rotatable bonds is 6. The molecular weight excluding hydrogens is 388 g/mol. The topological polar surface area (TPSA) is 90.1 Å². The molecule has 0 aliphatic rings. The van der Waals surface area contributed by atoms with Crippen molar-refractivity contribution in [3.63, 3.8) is 0 Å². The fourth-order valence-electron chi connectivity index (χ4n) is 2.62. The van der Waals surface area contributed by atoms with Crippen LogP contribution >= 0.6 is 23.4 Å². The quantitative estimate of drug-likeness (QED) is 0.364. The van der Waals surface area contributed by atoms with Crippen molar-refractivity contribution >= 4 is 51.7 Å². The lowest BCUT2D eigenvalue weighted by Crippen LogP contribution is -2.23. The number of carbonyl (C=O) groups is 1. The van der Waals surface area contributed by atoms with Crippen LogP contribution in [0.1, 0.15) is 13.8 Å². The van der Waals surface area contributed by atoms with Crippen molar-refractivity contribution in [2.24, 2.45) is 0 Å². The smallest absolute Gasteiger partial charge is 0.271 e. The van der Waals surface area contributed by atoms with Crippen LogP contribution in [0.5, 0.6) is 0 Å². The second-order valence-electron chi connectivity index (χ2n) is 5.80. The van der Waals surface area contributed by atoms with Gasteiger partial charge in [0.25, 0.3) is 5.69 Å². The van der Waals surface area contributed by atoms with Gasteiger partial charge in [-0.1, -0.05) is 35.5 Å². The molecule has 0 bridgehead atoms. The Hall–Kier alpha value is -2.58. The van der Waals surface area contributed by atoms with Gasteiger partial charge in [0.15, 0.2) is 5.16 Å². The molecule has 3 rings (SSSR count). The zero-order chi connectivity index (χ0) is 19.6. The molecule has 0 saturated carbocycles. The van der Waals surface area contributed by atoms with Gasteiger partial charge in [-0.3, -0.25) is 14.9 Å². The lowest BCUT2D eigenvalue weighted by Gasteiger charge is -2.13. The number of anilines is 1. The van der Waals surface area contributed by atoms with Gasteiger partial charge in [-0.25, -0.2) is 4.98 Å². The van der Waals surface area contributed by atoms with Crippen LogP contribution in [0, 0.1) is 10.1 Å². The number of halogens is 1. The van der Waals surface area contributed by atoms with Crippen molar-refractivity contribution in [1.29, 1.82) is 0 Å². The fourth-order valence-corrected chi connectivity index (χ4v) is 3.77. The number of non-ortho nitro benzene ring substituents is 1. The van der Waals surface area contributed by atoms with E-state index in [4.69, 9.17) is 11.6 Å². The Labute approximate surface area is 164 Å². The van der Waals surface area contributed by atoms with Gasteiger partial charge in [-0.2, -0.15) is 0 Å². The molecule has 0 spiro atoms. The minimum atomic E-state index is -0.534. The second-order valence-corrected chi connectivity index (χ2v) is 7.51. The standard InChI is InChI=1S/C18H17ClN4O3S/c1-3-22-16-7-5-4-6-14(16)21-18(22)27-11(2)17(24)20-15-10-12(23(25)26)8-9-13(15)19/h4-11H,3H2,1-2H3,(H,20,24). The molecule has 9 heteroatoms. The molecule has 140 valence electrons. The number of amides is 1. The summed E-state index contributed by atoms with van der Waals surface area (Å²) in [5.41, 5.74) is 1.96. The molecule has 1 N–H and O–H groups in total. The van der Waals surface area contributed by atoms with E-state index in [0.29, 0.717) is 0 Å². The number of nitrogens with one attached hydrogen (secondary N) is 1. The molecule has 1 heterocycles. The first-order valence-corrected chi connectivity index (χ1v) is 9.53. The van der Waals surface area contributed by atoms with Crippen LogP contribution in [-0.2, 0) is 11.3 Å². The van der Waals surface area contributed by atoms with Gasteiger partial charge in [-0.15, -0.1) is 0 Å². The Morgan fingerprint density at radius 1 is 1.37 bits per heavy atom. The highest BCUT2D eigenvalue weighted by Crippen LogP contribution is 2.30. The molecule has 2 aromatic carbocycles. The van der Waals surface area contributed by atoms with Crippen LogP contribution < -0.4 is 5.32 Å². The third-order valence-corrected chi connectivity index (χ3v) is 5.43. The van der Waals surface area contributed by atoms with E-state index in [1.54, 1.807) is 6.92 Å². The van der Waals surface area contributed by atoms with Gasteiger partial charge in [0, 0.05) is 18.7 Å². The zero-order valence-electron chi connectivity index (χ0n) is 14.7. The van der Waals surface area contributed by atoms with Gasteiger partial charge in [0.2, 0.25) is 5.91 Å². The second kappa shape index (κ2) is 7.98. The van der Waals surface area contributed by atoms with Crippen molar-refractivity contribution < 1.29 is 9.72 Å². The molecule has 1 unspecified atom stereocenters. The summed E-state index contributed by atoms with van der Waals surface area (Å²) >= 11 is 7.38. The number of benzene rings is 2. The minimum Gasteiger partial charge on any atom is -0.324 e. The van der Waals surface area contributed by atoms with Crippen molar-refractivity contribution in [2.45, 2.75) is 30.8 Å². The number of hydrogen-bond acceptors (Lipinski definition) is 5. The third kappa shape index (κ3) is 4.06. The molecule has 3 aromatic rings. The van der Waals surface area contributed by atoms with Crippen molar-refractivity contribution in [1.82, 2.24) is 9.55 Å². The van der Waals surface area contributed by atoms with E-state index < -0.39 is 10.2 Å². The Balaban J connectivity index is 1.79. The highest BCUT2D eigenvalue weighted by Gasteiger charge is 2.20. The van der Waals surface area contributed by atoms with E-state index in [2.05, 4.69) is 10.3 Å². The summed E-state index contributed by atoms with van der Waals surface area (Å²) in [6, 6.07) is 11.7. The Morgan fingerprint density at radius 3 is 2.81 bits per heavy atom. The number of aryl methyl sites for hydroxylation is 1. The summed E-state index contributed by atoms with van der Waals surface area (Å²) in [6.07, 6.45) is 0. The number of nitro benzene ring substituents is 1. The number of nitrogens with zero attached hydrogens (tertiary/aromatic N) is 3. The molecule has 1 aromatic heterocycles. The normalized spacial score (nSPS) is 12.1. The van der Waals surface area contributed by atoms with E-state index in [1.807, 2.05) is 35.8 Å². The summed E-state index contributed by atoms with van der Waals surface area (Å²) in [5.74, 6) is -0.308. The molecule has 27 heavy (non-hydrogen) atoms. The van der Waals surface area contributed by atoms with E-state index in [-0.39, 0.29) is 22.3 Å². The van der Waals surface area contributed by atoms with Crippen molar-refractivity contribution in [3.05, 3.63) is 57.6 Å². The van der Waals surface area contributed by atoms with E-state index in [1.165, 1.54) is 30.0 Å². The first-order valence-electron chi connectivity index (χ1n) is 8.27. The first-order chi connectivity index (χ1) is 12.9. The molecule has 0 aliphatic carbocycles. The van der Waals surface area contributed by atoms with E-state index >= 15 is 0 Å². The van der Waals surface area contributed by atoms with Gasteiger partial charge < -0.3 is 9.88 Å². The number of thioether (sulfide) groups is 1. The van der Waals surface area contributed by atoms with Crippen LogP contribution in [0.3, 0.4) is 0 Å². The van der Waals surface area contributed by atoms with Crippen LogP contribution in [0.15, 0.2) is 47.6 Å². The zero-order valence-corrected chi connectivity index (χ0v) is 16.3. The minimum absolute atomic E-state index is 0.136. The van der Waals surface area contributed by atoms with Crippen LogP contribution in [-0.4, -0.2) is 25.6 Å². The van der Waals surface area contributed by atoms with Crippen LogP contribution in [0.25, 0.3) is 11.0 Å². The lowest BCUT2D eigenvalue weighted by molar-refractivity contribution is -0.384. The summed E-state index contributed by atoms with van der Waals surface area (Å²) in [4.78, 5) is 27.5. The SMILES string of the molecule is CCn1c(SC(C)C(=O)Nc2cc([N+](=O)[O-])ccc2Cl)nc2ccccc21. The average molecular weight is 405 g/mol. The number of fused-ring (bicyclic) bond motifs is 1.